The van der Waals surface area contributed by atoms with Crippen LogP contribution in [0.25, 0.3) is 0 Å². The van der Waals surface area contributed by atoms with Crippen LogP contribution in [0.5, 0.6) is 0 Å². The molecular formula is C13H20N2O2. The van der Waals surface area contributed by atoms with E-state index in [-0.39, 0.29) is 5.97 Å². The van der Waals surface area contributed by atoms with E-state index in [1.807, 2.05) is 32.0 Å². The Balaban J connectivity index is 2.31. The maximum Gasteiger partial charge on any atom is 0.305 e. The first-order valence-electron chi connectivity index (χ1n) is 5.89. The van der Waals surface area contributed by atoms with Crippen molar-refractivity contribution < 1.29 is 9.53 Å². The Morgan fingerprint density at radius 1 is 1.47 bits per heavy atom. The predicted octanol–water partition coefficient (Wildman–Crippen LogP) is 2.33. The molecule has 0 spiro atoms. The van der Waals surface area contributed by atoms with Gasteiger partial charge in [0.2, 0.25) is 0 Å². The molecule has 0 unspecified atom stereocenters. The van der Waals surface area contributed by atoms with Gasteiger partial charge in [-0.2, -0.15) is 0 Å². The highest BCUT2D eigenvalue weighted by molar-refractivity contribution is 5.69. The SMILES string of the molecule is CCOC(=O)CCCNc1cc(N)ccc1C. The number of nitrogens with two attached hydrogens (primary N) is 1. The Kier molecular flexibility index (Phi) is 5.33. The highest BCUT2D eigenvalue weighted by Gasteiger charge is 2.02. The van der Waals surface area contributed by atoms with E-state index in [1.54, 1.807) is 0 Å². The number of aryl methyl sites for hydroxylation is 1. The quantitative estimate of drug-likeness (QED) is 0.452. The van der Waals surface area contributed by atoms with Crippen LogP contribution in [0.3, 0.4) is 0 Å². The fraction of sp³-hybridized carbons (Fsp3) is 0.462. The van der Waals surface area contributed by atoms with Gasteiger partial charge < -0.3 is 15.8 Å². The molecule has 1 aromatic carbocycles. The van der Waals surface area contributed by atoms with Gasteiger partial charge in [-0.25, -0.2) is 0 Å². The van der Waals surface area contributed by atoms with Crippen LogP contribution in [0.15, 0.2) is 18.2 Å². The van der Waals surface area contributed by atoms with E-state index in [0.717, 1.165) is 29.9 Å². The second-order valence-corrected chi connectivity index (χ2v) is 3.91. The number of rotatable bonds is 6. The van der Waals surface area contributed by atoms with Crippen LogP contribution in [-0.4, -0.2) is 19.1 Å². The lowest BCUT2D eigenvalue weighted by atomic mass is 10.2. The molecule has 0 aliphatic carbocycles. The van der Waals surface area contributed by atoms with Gasteiger partial charge in [-0.05, 0) is 38.0 Å². The highest BCUT2D eigenvalue weighted by atomic mass is 16.5. The molecule has 0 radical (unpaired) electrons. The smallest absolute Gasteiger partial charge is 0.305 e. The van der Waals surface area contributed by atoms with Crippen molar-refractivity contribution in [1.29, 1.82) is 0 Å². The monoisotopic (exact) mass is 236 g/mol. The van der Waals surface area contributed by atoms with Crippen molar-refractivity contribution >= 4 is 17.3 Å². The first kappa shape index (κ1) is 13.4. The number of carbonyl (C=O) groups is 1. The van der Waals surface area contributed by atoms with E-state index >= 15 is 0 Å². The maximum atomic E-state index is 11.1. The summed E-state index contributed by atoms with van der Waals surface area (Å²) in [6, 6.07) is 5.75. The zero-order valence-corrected chi connectivity index (χ0v) is 10.5. The van der Waals surface area contributed by atoms with Crippen LogP contribution in [0.4, 0.5) is 11.4 Å². The van der Waals surface area contributed by atoms with E-state index in [0.29, 0.717) is 13.0 Å². The molecule has 0 fully saturated rings. The number of carbonyl (C=O) groups excluding carboxylic acids is 1. The van der Waals surface area contributed by atoms with Gasteiger partial charge in [0.1, 0.15) is 0 Å². The Hall–Kier alpha value is -1.71. The van der Waals surface area contributed by atoms with Gasteiger partial charge in [0.25, 0.3) is 0 Å². The Labute approximate surface area is 102 Å². The summed E-state index contributed by atoms with van der Waals surface area (Å²) in [6.45, 7) is 5.02. The summed E-state index contributed by atoms with van der Waals surface area (Å²) in [5.41, 5.74) is 8.62. The Bertz CT molecular complexity index is 378. The minimum atomic E-state index is -0.140. The molecule has 3 N–H and O–H groups in total. The number of nitrogen functional groups attached to an aromatic ring is 1. The average molecular weight is 236 g/mol. The van der Waals surface area contributed by atoms with Crippen LogP contribution in [0.2, 0.25) is 0 Å². The number of esters is 1. The fourth-order valence-electron chi connectivity index (χ4n) is 1.52. The van der Waals surface area contributed by atoms with Crippen LogP contribution >= 0.6 is 0 Å². The number of hydrogen-bond acceptors (Lipinski definition) is 4. The third-order valence-electron chi connectivity index (χ3n) is 2.44. The van der Waals surface area contributed by atoms with Crippen molar-refractivity contribution in [2.45, 2.75) is 26.7 Å². The van der Waals surface area contributed by atoms with Crippen molar-refractivity contribution in [2.24, 2.45) is 0 Å². The van der Waals surface area contributed by atoms with E-state index < -0.39 is 0 Å². The van der Waals surface area contributed by atoms with Crippen molar-refractivity contribution in [3.05, 3.63) is 23.8 Å². The first-order chi connectivity index (χ1) is 8.13. The van der Waals surface area contributed by atoms with Crippen LogP contribution in [-0.2, 0) is 9.53 Å². The molecule has 17 heavy (non-hydrogen) atoms. The summed E-state index contributed by atoms with van der Waals surface area (Å²) in [4.78, 5) is 11.1. The van der Waals surface area contributed by atoms with Crippen molar-refractivity contribution in [2.75, 3.05) is 24.2 Å². The van der Waals surface area contributed by atoms with Gasteiger partial charge in [-0.1, -0.05) is 6.07 Å². The molecule has 0 aliphatic heterocycles. The third kappa shape index (κ3) is 4.76. The molecule has 0 aromatic heterocycles. The van der Waals surface area contributed by atoms with Gasteiger partial charge in [-0.3, -0.25) is 4.79 Å². The molecular weight excluding hydrogens is 216 g/mol. The molecule has 0 saturated heterocycles. The third-order valence-corrected chi connectivity index (χ3v) is 2.44. The largest absolute Gasteiger partial charge is 0.466 e. The molecule has 0 aliphatic rings. The van der Waals surface area contributed by atoms with Gasteiger partial charge in [0.05, 0.1) is 6.61 Å². The topological polar surface area (TPSA) is 64.3 Å². The molecule has 4 heteroatoms. The number of ether oxygens (including phenoxy) is 1. The van der Waals surface area contributed by atoms with E-state index in [4.69, 9.17) is 10.5 Å². The molecule has 0 amide bonds. The lowest BCUT2D eigenvalue weighted by Crippen LogP contribution is -2.08. The summed E-state index contributed by atoms with van der Waals surface area (Å²) in [7, 11) is 0. The van der Waals surface area contributed by atoms with E-state index in [1.165, 1.54) is 0 Å². The van der Waals surface area contributed by atoms with Crippen molar-refractivity contribution in [3.63, 3.8) is 0 Å². The summed E-state index contributed by atoms with van der Waals surface area (Å²) in [5.74, 6) is -0.140. The van der Waals surface area contributed by atoms with Gasteiger partial charge >= 0.3 is 5.97 Å². The molecule has 0 atom stereocenters. The molecule has 1 aromatic rings. The van der Waals surface area contributed by atoms with Crippen molar-refractivity contribution in [3.8, 4) is 0 Å². The Morgan fingerprint density at radius 2 is 2.24 bits per heavy atom. The minimum absolute atomic E-state index is 0.140. The maximum absolute atomic E-state index is 11.1. The summed E-state index contributed by atoms with van der Waals surface area (Å²) >= 11 is 0. The van der Waals surface area contributed by atoms with Crippen LogP contribution < -0.4 is 11.1 Å². The summed E-state index contributed by atoms with van der Waals surface area (Å²) in [5, 5.41) is 3.26. The minimum Gasteiger partial charge on any atom is -0.466 e. The lowest BCUT2D eigenvalue weighted by Gasteiger charge is -2.10. The number of hydrogen-bond donors (Lipinski definition) is 2. The molecule has 4 nitrogen and oxygen atoms in total. The number of benzene rings is 1. The van der Waals surface area contributed by atoms with Crippen LogP contribution in [0.1, 0.15) is 25.3 Å². The predicted molar refractivity (Wildman–Crippen MR) is 69.9 cm³/mol. The molecule has 1 rings (SSSR count). The lowest BCUT2D eigenvalue weighted by molar-refractivity contribution is -0.143. The van der Waals surface area contributed by atoms with Gasteiger partial charge in [0.15, 0.2) is 0 Å². The number of anilines is 2. The summed E-state index contributed by atoms with van der Waals surface area (Å²) in [6.07, 6.45) is 1.20. The Morgan fingerprint density at radius 3 is 2.94 bits per heavy atom. The molecule has 94 valence electrons. The second-order valence-electron chi connectivity index (χ2n) is 3.91. The van der Waals surface area contributed by atoms with Crippen LogP contribution in [0, 0.1) is 6.92 Å². The van der Waals surface area contributed by atoms with Gasteiger partial charge in [-0.15, -0.1) is 0 Å². The van der Waals surface area contributed by atoms with E-state index in [2.05, 4.69) is 5.32 Å². The van der Waals surface area contributed by atoms with E-state index in [9.17, 15) is 4.79 Å². The zero-order valence-electron chi connectivity index (χ0n) is 10.5. The van der Waals surface area contributed by atoms with Gasteiger partial charge in [0, 0.05) is 24.3 Å². The molecule has 0 saturated carbocycles. The molecule has 0 heterocycles. The average Bonchev–Trinajstić information content (AvgIpc) is 2.29. The zero-order chi connectivity index (χ0) is 12.7. The standard InChI is InChI=1S/C13H20N2O2/c1-3-17-13(16)5-4-8-15-12-9-11(14)7-6-10(12)2/h6-7,9,15H,3-5,8,14H2,1-2H3. The second kappa shape index (κ2) is 6.78. The summed E-state index contributed by atoms with van der Waals surface area (Å²) < 4.78 is 4.85. The normalized spacial score (nSPS) is 10.0. The fourth-order valence-corrected chi connectivity index (χ4v) is 1.52. The highest BCUT2D eigenvalue weighted by Crippen LogP contribution is 2.17. The molecule has 0 bridgehead atoms. The van der Waals surface area contributed by atoms with Crippen molar-refractivity contribution in [1.82, 2.24) is 0 Å². The first-order valence-corrected chi connectivity index (χ1v) is 5.89. The number of nitrogens with one attached hydrogen (secondary N) is 1.